The number of carbonyl (C=O) groups excluding carboxylic acids is 1. The molecule has 0 saturated carbocycles. The van der Waals surface area contributed by atoms with Crippen molar-refractivity contribution >= 4 is 11.9 Å². The molecule has 25 heavy (non-hydrogen) atoms. The number of benzene rings is 1. The number of carboxylic acid groups (broad SMARTS) is 1. The summed E-state index contributed by atoms with van der Waals surface area (Å²) >= 11 is 0. The molecule has 2 aliphatic rings. The average molecular weight is 347 g/mol. The second-order valence-electron chi connectivity index (χ2n) is 6.63. The fourth-order valence-electron chi connectivity index (χ4n) is 3.87. The summed E-state index contributed by atoms with van der Waals surface area (Å²) in [6.45, 7) is 4.17. The number of aliphatic carboxylic acids is 1. The van der Waals surface area contributed by atoms with Gasteiger partial charge in [0.25, 0.3) is 5.91 Å². The van der Waals surface area contributed by atoms with Gasteiger partial charge < -0.3 is 19.5 Å². The number of para-hydroxylation sites is 1. The van der Waals surface area contributed by atoms with Crippen LogP contribution in [0.1, 0.15) is 36.5 Å². The van der Waals surface area contributed by atoms with E-state index in [-0.39, 0.29) is 17.9 Å². The van der Waals surface area contributed by atoms with Crippen molar-refractivity contribution in [2.45, 2.75) is 32.3 Å². The first-order valence-corrected chi connectivity index (χ1v) is 8.97. The number of carbonyl (C=O) groups is 2. The van der Waals surface area contributed by atoms with Gasteiger partial charge in [-0.2, -0.15) is 0 Å². The second kappa shape index (κ2) is 7.87. The minimum Gasteiger partial charge on any atom is -0.493 e. The highest BCUT2D eigenvalue weighted by Gasteiger charge is 2.40. The van der Waals surface area contributed by atoms with Gasteiger partial charge in [-0.05, 0) is 44.2 Å². The van der Waals surface area contributed by atoms with Crippen LogP contribution >= 0.6 is 0 Å². The van der Waals surface area contributed by atoms with Crippen LogP contribution < -0.4 is 4.74 Å². The molecule has 136 valence electrons. The highest BCUT2D eigenvalue weighted by molar-refractivity contribution is 5.97. The van der Waals surface area contributed by atoms with Crippen molar-refractivity contribution in [3.8, 4) is 5.75 Å². The molecular weight excluding hydrogens is 322 g/mol. The molecule has 2 atom stereocenters. The van der Waals surface area contributed by atoms with Gasteiger partial charge in [-0.3, -0.25) is 9.59 Å². The van der Waals surface area contributed by atoms with Crippen molar-refractivity contribution in [3.05, 3.63) is 29.8 Å². The van der Waals surface area contributed by atoms with E-state index < -0.39 is 11.9 Å². The largest absolute Gasteiger partial charge is 0.493 e. The third-order valence-corrected chi connectivity index (χ3v) is 5.16. The molecule has 1 N–H and O–H groups in total. The fourth-order valence-corrected chi connectivity index (χ4v) is 3.87. The summed E-state index contributed by atoms with van der Waals surface area (Å²) in [7, 11) is 0. The highest BCUT2D eigenvalue weighted by Crippen LogP contribution is 2.34. The Hall–Kier alpha value is -2.08. The monoisotopic (exact) mass is 347 g/mol. The minimum atomic E-state index is -0.772. The normalized spacial score (nSPS) is 24.3. The zero-order valence-electron chi connectivity index (χ0n) is 14.5. The molecule has 0 spiro atoms. The van der Waals surface area contributed by atoms with Crippen LogP contribution in [0.3, 0.4) is 0 Å². The van der Waals surface area contributed by atoms with Crippen LogP contribution in [0.15, 0.2) is 24.3 Å². The van der Waals surface area contributed by atoms with Gasteiger partial charge in [-0.25, -0.2) is 0 Å². The fraction of sp³-hybridized carbons (Fsp3) is 0.579. The van der Waals surface area contributed by atoms with Gasteiger partial charge in [0.15, 0.2) is 0 Å². The van der Waals surface area contributed by atoms with Gasteiger partial charge >= 0.3 is 5.97 Å². The summed E-state index contributed by atoms with van der Waals surface area (Å²) in [5.74, 6) is -0.390. The molecule has 2 aliphatic heterocycles. The smallest absolute Gasteiger partial charge is 0.309 e. The minimum absolute atomic E-state index is 0.0235. The van der Waals surface area contributed by atoms with E-state index in [1.807, 2.05) is 30.0 Å². The van der Waals surface area contributed by atoms with Crippen LogP contribution in [0.2, 0.25) is 0 Å². The van der Waals surface area contributed by atoms with Crippen molar-refractivity contribution in [1.29, 1.82) is 0 Å². The summed E-state index contributed by atoms with van der Waals surface area (Å²) in [4.78, 5) is 26.0. The van der Waals surface area contributed by atoms with Crippen molar-refractivity contribution in [2.24, 2.45) is 11.8 Å². The molecule has 0 aromatic heterocycles. The maximum Gasteiger partial charge on any atom is 0.309 e. The molecule has 0 radical (unpaired) electrons. The summed E-state index contributed by atoms with van der Waals surface area (Å²) < 4.78 is 11.3. The lowest BCUT2D eigenvalue weighted by atomic mass is 9.84. The Morgan fingerprint density at radius 2 is 1.96 bits per heavy atom. The molecule has 6 heteroatoms. The molecule has 0 bridgehead atoms. The lowest BCUT2D eigenvalue weighted by molar-refractivity contribution is -0.145. The Balaban J connectivity index is 1.62. The van der Waals surface area contributed by atoms with Gasteiger partial charge in [0, 0.05) is 19.7 Å². The van der Waals surface area contributed by atoms with Crippen LogP contribution in [-0.2, 0) is 9.53 Å². The Morgan fingerprint density at radius 1 is 1.24 bits per heavy atom. The molecule has 1 aromatic carbocycles. The van der Waals surface area contributed by atoms with E-state index in [4.69, 9.17) is 9.47 Å². The molecule has 2 heterocycles. The quantitative estimate of drug-likeness (QED) is 0.885. The first kappa shape index (κ1) is 17.7. The Labute approximate surface area is 147 Å². The molecule has 1 unspecified atom stereocenters. The van der Waals surface area contributed by atoms with Crippen LogP contribution in [0.5, 0.6) is 5.75 Å². The van der Waals surface area contributed by atoms with E-state index in [2.05, 4.69) is 0 Å². The van der Waals surface area contributed by atoms with Crippen LogP contribution in [-0.4, -0.2) is 54.3 Å². The second-order valence-corrected chi connectivity index (χ2v) is 6.63. The standard InChI is InChI=1S/C19H25NO5/c1-2-24-16-6-4-3-5-14(16)18(21)20-10-7-13(8-11-20)17-15(19(22)23)9-12-25-17/h3-6,13,15,17H,2,7-12H2,1H3,(H,22,23)/t15?,17-/m0/s1. The van der Waals surface area contributed by atoms with Gasteiger partial charge in [-0.15, -0.1) is 0 Å². The summed E-state index contributed by atoms with van der Waals surface area (Å²) in [6.07, 6.45) is 1.92. The molecular formula is C19H25NO5. The third-order valence-electron chi connectivity index (χ3n) is 5.16. The van der Waals surface area contributed by atoms with Crippen molar-refractivity contribution in [3.63, 3.8) is 0 Å². The number of rotatable bonds is 5. The van der Waals surface area contributed by atoms with Gasteiger partial charge in [0.05, 0.1) is 24.2 Å². The molecule has 1 aromatic rings. The lowest BCUT2D eigenvalue weighted by Gasteiger charge is -2.35. The van der Waals surface area contributed by atoms with E-state index in [0.717, 1.165) is 12.8 Å². The van der Waals surface area contributed by atoms with Gasteiger partial charge in [-0.1, -0.05) is 12.1 Å². The zero-order chi connectivity index (χ0) is 17.8. The number of piperidine rings is 1. The number of hydrogen-bond donors (Lipinski definition) is 1. The molecule has 2 fully saturated rings. The lowest BCUT2D eigenvalue weighted by Crippen LogP contribution is -2.43. The summed E-state index contributed by atoms with van der Waals surface area (Å²) in [6, 6.07) is 7.30. The number of nitrogens with zero attached hydrogens (tertiary/aromatic N) is 1. The van der Waals surface area contributed by atoms with Crippen molar-refractivity contribution in [1.82, 2.24) is 4.90 Å². The van der Waals surface area contributed by atoms with E-state index in [1.165, 1.54) is 0 Å². The molecule has 3 rings (SSSR count). The molecule has 6 nitrogen and oxygen atoms in total. The average Bonchev–Trinajstić information content (AvgIpc) is 3.12. The number of likely N-dealkylation sites (tertiary alicyclic amines) is 1. The summed E-state index contributed by atoms with van der Waals surface area (Å²) in [5.41, 5.74) is 0.586. The maximum atomic E-state index is 12.8. The van der Waals surface area contributed by atoms with Crippen LogP contribution in [0, 0.1) is 11.8 Å². The highest BCUT2D eigenvalue weighted by atomic mass is 16.5. The topological polar surface area (TPSA) is 76.1 Å². The molecule has 2 saturated heterocycles. The SMILES string of the molecule is CCOc1ccccc1C(=O)N1CCC([C@@H]2OCCC2C(=O)O)CC1. The summed E-state index contributed by atoms with van der Waals surface area (Å²) in [5, 5.41) is 9.33. The van der Waals surface area contributed by atoms with E-state index in [1.54, 1.807) is 6.07 Å². The number of carboxylic acids is 1. The Morgan fingerprint density at radius 3 is 2.64 bits per heavy atom. The molecule has 0 aliphatic carbocycles. The first-order valence-electron chi connectivity index (χ1n) is 8.97. The van der Waals surface area contributed by atoms with E-state index >= 15 is 0 Å². The van der Waals surface area contributed by atoms with Gasteiger partial charge in [0.2, 0.25) is 0 Å². The predicted octanol–water partition coefficient (Wildman–Crippen LogP) is 2.43. The number of amides is 1. The van der Waals surface area contributed by atoms with Gasteiger partial charge in [0.1, 0.15) is 5.75 Å². The third kappa shape index (κ3) is 3.79. The zero-order valence-corrected chi connectivity index (χ0v) is 14.5. The van der Waals surface area contributed by atoms with Crippen LogP contribution in [0.4, 0.5) is 0 Å². The Kier molecular flexibility index (Phi) is 5.58. The number of ether oxygens (including phenoxy) is 2. The Bertz CT molecular complexity index is 624. The number of hydrogen-bond acceptors (Lipinski definition) is 4. The first-order chi connectivity index (χ1) is 12.1. The van der Waals surface area contributed by atoms with Crippen molar-refractivity contribution < 1.29 is 24.2 Å². The van der Waals surface area contributed by atoms with E-state index in [0.29, 0.717) is 44.0 Å². The van der Waals surface area contributed by atoms with E-state index in [9.17, 15) is 14.7 Å². The van der Waals surface area contributed by atoms with Crippen molar-refractivity contribution in [2.75, 3.05) is 26.3 Å². The van der Waals surface area contributed by atoms with Crippen LogP contribution in [0.25, 0.3) is 0 Å². The molecule has 1 amide bonds. The predicted molar refractivity (Wildman–Crippen MR) is 91.7 cm³/mol. The maximum absolute atomic E-state index is 12.8.